The molecule has 4 aromatic rings. The third-order valence-electron chi connectivity index (χ3n) is 3.92. The van der Waals surface area contributed by atoms with Crippen LogP contribution in [0, 0.1) is 0 Å². The van der Waals surface area contributed by atoms with Crippen molar-refractivity contribution in [3.8, 4) is 22.8 Å². The highest BCUT2D eigenvalue weighted by molar-refractivity contribution is 7.14. The number of rotatable bonds is 5. The fraction of sp³-hybridized carbons (Fsp3) is 0.111. The molecule has 4 rings (SSSR count). The first-order valence-corrected chi connectivity index (χ1v) is 9.50. The standard InChI is InChI=1S/C18H14N4O3S2/c1-24-11-4-6-16(25-2)12(8-11)15-9-26-18(19-15)20-17(23)10-3-5-13-14(7-10)22-27-21-13/h3-9H,1-2H3,(H,19,20,23). The number of hydrogen-bond acceptors (Lipinski definition) is 8. The minimum absolute atomic E-state index is 0.247. The van der Waals surface area contributed by atoms with Gasteiger partial charge in [0.1, 0.15) is 22.5 Å². The van der Waals surface area contributed by atoms with E-state index in [9.17, 15) is 4.79 Å². The van der Waals surface area contributed by atoms with Crippen molar-refractivity contribution in [3.05, 3.63) is 47.3 Å². The van der Waals surface area contributed by atoms with E-state index in [1.807, 2.05) is 23.6 Å². The topological polar surface area (TPSA) is 86.2 Å². The number of hydrogen-bond donors (Lipinski definition) is 1. The molecule has 0 aliphatic rings. The van der Waals surface area contributed by atoms with Crippen LogP contribution in [0.2, 0.25) is 0 Å². The van der Waals surface area contributed by atoms with Gasteiger partial charge >= 0.3 is 0 Å². The van der Waals surface area contributed by atoms with Crippen molar-refractivity contribution in [1.82, 2.24) is 13.7 Å². The molecule has 0 unspecified atom stereocenters. The van der Waals surface area contributed by atoms with Gasteiger partial charge in [0.2, 0.25) is 0 Å². The fourth-order valence-electron chi connectivity index (χ4n) is 2.56. The van der Waals surface area contributed by atoms with Crippen molar-refractivity contribution in [3.63, 3.8) is 0 Å². The summed E-state index contributed by atoms with van der Waals surface area (Å²) < 4.78 is 19.0. The van der Waals surface area contributed by atoms with Gasteiger partial charge in [-0.1, -0.05) is 0 Å². The van der Waals surface area contributed by atoms with Crippen LogP contribution in [0.1, 0.15) is 10.4 Å². The molecule has 0 saturated carbocycles. The highest BCUT2D eigenvalue weighted by atomic mass is 32.1. The van der Waals surface area contributed by atoms with Crippen LogP contribution in [0.4, 0.5) is 5.13 Å². The summed E-state index contributed by atoms with van der Waals surface area (Å²) in [5.41, 5.74) is 3.48. The van der Waals surface area contributed by atoms with Crippen LogP contribution < -0.4 is 14.8 Å². The molecule has 0 aliphatic carbocycles. The fourth-order valence-corrected chi connectivity index (χ4v) is 3.78. The number of aromatic nitrogens is 3. The molecular weight excluding hydrogens is 384 g/mol. The number of methoxy groups -OCH3 is 2. The van der Waals surface area contributed by atoms with Crippen LogP contribution >= 0.6 is 23.1 Å². The smallest absolute Gasteiger partial charge is 0.257 e. The van der Waals surface area contributed by atoms with E-state index < -0.39 is 0 Å². The molecule has 0 aliphatic heterocycles. The molecule has 9 heteroatoms. The number of nitrogens with one attached hydrogen (secondary N) is 1. The summed E-state index contributed by atoms with van der Waals surface area (Å²) in [7, 11) is 3.21. The monoisotopic (exact) mass is 398 g/mol. The minimum atomic E-state index is -0.247. The second kappa shape index (κ2) is 7.29. The summed E-state index contributed by atoms with van der Waals surface area (Å²) in [4.78, 5) is 17.0. The molecule has 1 N–H and O–H groups in total. The first kappa shape index (κ1) is 17.4. The normalized spacial score (nSPS) is 10.7. The van der Waals surface area contributed by atoms with E-state index in [1.54, 1.807) is 32.4 Å². The molecule has 2 aromatic heterocycles. The molecular formula is C18H14N4O3S2. The van der Waals surface area contributed by atoms with E-state index in [0.29, 0.717) is 33.4 Å². The van der Waals surface area contributed by atoms with Gasteiger partial charge in [-0.05, 0) is 36.4 Å². The Balaban J connectivity index is 1.58. The number of benzene rings is 2. The number of amides is 1. The van der Waals surface area contributed by atoms with Crippen molar-refractivity contribution >= 4 is 45.1 Å². The highest BCUT2D eigenvalue weighted by Gasteiger charge is 2.14. The van der Waals surface area contributed by atoms with Gasteiger partial charge in [-0.25, -0.2) is 4.98 Å². The van der Waals surface area contributed by atoms with Crippen molar-refractivity contribution in [2.75, 3.05) is 19.5 Å². The van der Waals surface area contributed by atoms with Crippen molar-refractivity contribution in [2.24, 2.45) is 0 Å². The van der Waals surface area contributed by atoms with Gasteiger partial charge in [0.25, 0.3) is 5.91 Å². The average molecular weight is 398 g/mol. The second-order valence-corrected chi connectivity index (χ2v) is 6.91. The van der Waals surface area contributed by atoms with Crippen LogP contribution in [-0.2, 0) is 0 Å². The average Bonchev–Trinajstić information content (AvgIpc) is 3.36. The summed E-state index contributed by atoms with van der Waals surface area (Å²) in [6.45, 7) is 0. The minimum Gasteiger partial charge on any atom is -0.497 e. The molecule has 2 aromatic carbocycles. The van der Waals surface area contributed by atoms with Gasteiger partial charge in [-0.2, -0.15) is 8.75 Å². The van der Waals surface area contributed by atoms with E-state index in [4.69, 9.17) is 9.47 Å². The SMILES string of the molecule is COc1ccc(OC)c(-c2csc(NC(=O)c3ccc4nsnc4c3)n2)c1. The van der Waals surface area contributed by atoms with E-state index in [0.717, 1.165) is 22.8 Å². The summed E-state index contributed by atoms with van der Waals surface area (Å²) in [5.74, 6) is 1.14. The summed E-state index contributed by atoms with van der Waals surface area (Å²) in [5, 5.41) is 5.18. The maximum Gasteiger partial charge on any atom is 0.257 e. The number of carbonyl (C=O) groups excluding carboxylic acids is 1. The number of anilines is 1. The van der Waals surface area contributed by atoms with E-state index in [2.05, 4.69) is 19.0 Å². The first-order chi connectivity index (χ1) is 13.2. The predicted molar refractivity (Wildman–Crippen MR) is 106 cm³/mol. The van der Waals surface area contributed by atoms with Crippen molar-refractivity contribution < 1.29 is 14.3 Å². The summed E-state index contributed by atoms with van der Waals surface area (Å²) in [6, 6.07) is 10.7. The third kappa shape index (κ3) is 3.46. The number of carbonyl (C=O) groups is 1. The first-order valence-electron chi connectivity index (χ1n) is 7.89. The van der Waals surface area contributed by atoms with Crippen LogP contribution in [0.5, 0.6) is 11.5 Å². The molecule has 7 nitrogen and oxygen atoms in total. The van der Waals surface area contributed by atoms with Crippen LogP contribution in [0.3, 0.4) is 0 Å². The molecule has 0 saturated heterocycles. The van der Waals surface area contributed by atoms with Gasteiger partial charge in [0.05, 0.1) is 31.6 Å². The molecule has 1 amide bonds. The van der Waals surface area contributed by atoms with Gasteiger partial charge in [-0.15, -0.1) is 11.3 Å². The maximum atomic E-state index is 12.5. The number of ether oxygens (including phenoxy) is 2. The highest BCUT2D eigenvalue weighted by Crippen LogP contribution is 2.35. The Kier molecular flexibility index (Phi) is 4.69. The lowest BCUT2D eigenvalue weighted by Crippen LogP contribution is -2.11. The van der Waals surface area contributed by atoms with Crippen LogP contribution in [0.15, 0.2) is 41.8 Å². The molecule has 2 heterocycles. The lowest BCUT2D eigenvalue weighted by Gasteiger charge is -2.08. The second-order valence-electron chi connectivity index (χ2n) is 5.53. The molecule has 0 bridgehead atoms. The summed E-state index contributed by atoms with van der Waals surface area (Å²) >= 11 is 2.46. The number of nitrogens with zero attached hydrogens (tertiary/aromatic N) is 3. The largest absolute Gasteiger partial charge is 0.497 e. The zero-order valence-corrected chi connectivity index (χ0v) is 16.1. The molecule has 136 valence electrons. The Morgan fingerprint density at radius 1 is 1.04 bits per heavy atom. The van der Waals surface area contributed by atoms with Gasteiger partial charge < -0.3 is 9.47 Å². The van der Waals surface area contributed by atoms with Gasteiger partial charge in [-0.3, -0.25) is 10.1 Å². The zero-order valence-electron chi connectivity index (χ0n) is 14.4. The molecule has 27 heavy (non-hydrogen) atoms. The number of fused-ring (bicyclic) bond motifs is 1. The Morgan fingerprint density at radius 3 is 2.70 bits per heavy atom. The maximum absolute atomic E-state index is 12.5. The molecule has 0 spiro atoms. The van der Waals surface area contributed by atoms with Crippen LogP contribution in [-0.4, -0.2) is 33.9 Å². The van der Waals surface area contributed by atoms with Gasteiger partial charge in [0.15, 0.2) is 5.13 Å². The Labute approximate surface area is 162 Å². The van der Waals surface area contributed by atoms with Crippen molar-refractivity contribution in [1.29, 1.82) is 0 Å². The van der Waals surface area contributed by atoms with Crippen LogP contribution in [0.25, 0.3) is 22.3 Å². The van der Waals surface area contributed by atoms with Gasteiger partial charge in [0, 0.05) is 16.5 Å². The van der Waals surface area contributed by atoms with E-state index in [1.165, 1.54) is 11.3 Å². The Bertz CT molecular complexity index is 1120. The van der Waals surface area contributed by atoms with E-state index in [-0.39, 0.29) is 5.91 Å². The molecule has 0 radical (unpaired) electrons. The lowest BCUT2D eigenvalue weighted by molar-refractivity contribution is 0.102. The Morgan fingerprint density at radius 2 is 1.89 bits per heavy atom. The third-order valence-corrected chi connectivity index (χ3v) is 5.24. The van der Waals surface area contributed by atoms with E-state index >= 15 is 0 Å². The zero-order chi connectivity index (χ0) is 18.8. The molecule has 0 atom stereocenters. The van der Waals surface area contributed by atoms with Crippen molar-refractivity contribution in [2.45, 2.75) is 0 Å². The number of thiazole rings is 1. The Hall–Kier alpha value is -3.04. The summed E-state index contributed by atoms with van der Waals surface area (Å²) in [6.07, 6.45) is 0. The lowest BCUT2D eigenvalue weighted by atomic mass is 10.1. The molecule has 0 fully saturated rings. The quantitative estimate of drug-likeness (QED) is 0.545. The predicted octanol–water partition coefficient (Wildman–Crippen LogP) is 4.08.